The summed E-state index contributed by atoms with van der Waals surface area (Å²) in [5, 5.41) is 4.76. The SMILES string of the molecule is Cc1cccc(-c2cc3c(c4c2oc2ccccc24)-c2ccc(N(c4ccc5c(c4)C(C)(C)c4c6c(c7c(oc8ccccc87)c4-5)-c4ccccc4C6(C)C)c4ccc(C)cc4C)cc2C3(C)C)c1. The highest BCUT2D eigenvalue weighted by Gasteiger charge is 2.49. The van der Waals surface area contributed by atoms with Crippen LogP contribution in [0.15, 0.2) is 167 Å². The molecule has 3 heteroatoms. The van der Waals surface area contributed by atoms with Gasteiger partial charge in [-0.25, -0.2) is 0 Å². The van der Waals surface area contributed by atoms with E-state index in [1.165, 1.54) is 111 Å². The first-order valence-electron chi connectivity index (χ1n) is 24.6. The van der Waals surface area contributed by atoms with Gasteiger partial charge in [-0.1, -0.05) is 162 Å². The van der Waals surface area contributed by atoms with Crippen molar-refractivity contribution in [1.82, 2.24) is 0 Å². The van der Waals surface area contributed by atoms with Gasteiger partial charge >= 0.3 is 0 Å². The Morgan fingerprint density at radius 1 is 0.391 bits per heavy atom. The predicted molar refractivity (Wildman–Crippen MR) is 288 cm³/mol. The summed E-state index contributed by atoms with van der Waals surface area (Å²) in [5.41, 5.74) is 28.3. The van der Waals surface area contributed by atoms with Crippen molar-refractivity contribution in [2.75, 3.05) is 4.90 Å². The second-order valence-corrected chi connectivity index (χ2v) is 21.8. The van der Waals surface area contributed by atoms with Crippen LogP contribution in [-0.4, -0.2) is 0 Å². The summed E-state index contributed by atoms with van der Waals surface area (Å²) < 4.78 is 13.9. The molecule has 0 aliphatic heterocycles. The zero-order valence-corrected chi connectivity index (χ0v) is 40.8. The molecule has 0 atom stereocenters. The molecule has 0 radical (unpaired) electrons. The summed E-state index contributed by atoms with van der Waals surface area (Å²) in [6.07, 6.45) is 0. The van der Waals surface area contributed by atoms with Crippen LogP contribution in [0.3, 0.4) is 0 Å². The predicted octanol–water partition coefficient (Wildman–Crippen LogP) is 18.5. The number of rotatable bonds is 4. The van der Waals surface area contributed by atoms with Gasteiger partial charge in [0.15, 0.2) is 0 Å². The molecule has 0 spiro atoms. The summed E-state index contributed by atoms with van der Waals surface area (Å²) in [6.45, 7) is 21.2. The van der Waals surface area contributed by atoms with E-state index in [1.807, 2.05) is 0 Å². The Morgan fingerprint density at radius 2 is 0.957 bits per heavy atom. The van der Waals surface area contributed by atoms with E-state index < -0.39 is 0 Å². The minimum absolute atomic E-state index is 0.209. The second-order valence-electron chi connectivity index (χ2n) is 21.8. The number of hydrogen-bond donors (Lipinski definition) is 0. The lowest BCUT2D eigenvalue weighted by Gasteiger charge is -2.32. The van der Waals surface area contributed by atoms with Crippen molar-refractivity contribution in [1.29, 1.82) is 0 Å². The third-order valence-corrected chi connectivity index (χ3v) is 16.6. The van der Waals surface area contributed by atoms with Crippen molar-refractivity contribution in [3.05, 3.63) is 208 Å². The van der Waals surface area contributed by atoms with Gasteiger partial charge in [-0.05, 0) is 142 Å². The van der Waals surface area contributed by atoms with Crippen LogP contribution >= 0.6 is 0 Å². The van der Waals surface area contributed by atoms with Gasteiger partial charge in [-0.3, -0.25) is 0 Å². The van der Waals surface area contributed by atoms with Crippen molar-refractivity contribution >= 4 is 60.9 Å². The number of aryl methyl sites for hydroxylation is 3. The Kier molecular flexibility index (Phi) is 7.94. The summed E-state index contributed by atoms with van der Waals surface area (Å²) in [6, 6.07) is 58.8. The van der Waals surface area contributed by atoms with E-state index in [1.54, 1.807) is 0 Å². The first-order chi connectivity index (χ1) is 33.2. The first kappa shape index (κ1) is 40.4. The van der Waals surface area contributed by atoms with Crippen LogP contribution in [0.5, 0.6) is 0 Å². The van der Waals surface area contributed by atoms with Gasteiger partial charge in [0.25, 0.3) is 0 Å². The molecule has 2 heterocycles. The number of para-hydroxylation sites is 2. The molecule has 69 heavy (non-hydrogen) atoms. The van der Waals surface area contributed by atoms with E-state index in [0.717, 1.165) is 44.7 Å². The molecule has 334 valence electrons. The molecule has 0 saturated carbocycles. The third kappa shape index (κ3) is 5.23. The molecule has 0 unspecified atom stereocenters. The Hall–Kier alpha value is -7.62. The van der Waals surface area contributed by atoms with E-state index in [9.17, 15) is 0 Å². The standard InChI is InChI=1S/C66H53NO2/c1-36-17-16-18-39(32-36)47-35-51-55(57-45-20-11-14-23-53(45)68-62(47)57)43-28-26-40(33-49(43)64(51,4)5)67(52-30-25-37(2)31-38(52)3)41-27-29-44-50(34-41)66(8,9)61-59(44)63-58(46-21-12-15-24-54(46)69-63)56-42-19-10-13-22-48(42)65(6,7)60(56)61/h10-35H,1-9H3. The Labute approximate surface area is 403 Å². The molecule has 0 saturated heterocycles. The van der Waals surface area contributed by atoms with Gasteiger partial charge in [-0.15, -0.1) is 0 Å². The molecule has 14 rings (SSSR count). The largest absolute Gasteiger partial charge is 0.455 e. The highest BCUT2D eigenvalue weighted by molar-refractivity contribution is 6.21. The highest BCUT2D eigenvalue weighted by Crippen LogP contribution is 2.64. The maximum absolute atomic E-state index is 7.05. The first-order valence-corrected chi connectivity index (χ1v) is 24.6. The average Bonchev–Trinajstić information content (AvgIpc) is 4.09. The van der Waals surface area contributed by atoms with E-state index in [-0.39, 0.29) is 16.2 Å². The van der Waals surface area contributed by atoms with Crippen molar-refractivity contribution in [3.63, 3.8) is 0 Å². The number of fused-ring (bicyclic) bond motifs is 19. The normalized spacial score (nSPS) is 15.4. The minimum atomic E-state index is -0.333. The van der Waals surface area contributed by atoms with E-state index in [0.29, 0.717) is 0 Å². The maximum atomic E-state index is 7.05. The molecule has 3 nitrogen and oxygen atoms in total. The molecule has 0 amide bonds. The van der Waals surface area contributed by atoms with Gasteiger partial charge < -0.3 is 13.7 Å². The minimum Gasteiger partial charge on any atom is -0.455 e. The molecular weight excluding hydrogens is 839 g/mol. The van der Waals surface area contributed by atoms with Gasteiger partial charge in [0, 0.05) is 66.0 Å². The Bertz CT molecular complexity index is 4090. The zero-order chi connectivity index (χ0) is 47.0. The van der Waals surface area contributed by atoms with E-state index in [4.69, 9.17) is 8.83 Å². The van der Waals surface area contributed by atoms with Crippen molar-refractivity contribution in [2.45, 2.75) is 78.6 Å². The highest BCUT2D eigenvalue weighted by atomic mass is 16.3. The van der Waals surface area contributed by atoms with E-state index in [2.05, 4.69) is 225 Å². The number of furan rings is 2. The number of anilines is 3. The molecule has 9 aromatic carbocycles. The summed E-state index contributed by atoms with van der Waals surface area (Å²) in [7, 11) is 0. The number of benzene rings is 9. The van der Waals surface area contributed by atoms with Gasteiger partial charge in [-0.2, -0.15) is 0 Å². The summed E-state index contributed by atoms with van der Waals surface area (Å²) >= 11 is 0. The molecule has 0 bridgehead atoms. The fourth-order valence-corrected chi connectivity index (χ4v) is 13.4. The van der Waals surface area contributed by atoms with Crippen LogP contribution in [0.1, 0.15) is 91.6 Å². The fraction of sp³-hybridized carbons (Fsp3) is 0.182. The topological polar surface area (TPSA) is 29.5 Å². The molecule has 3 aliphatic rings. The smallest absolute Gasteiger partial charge is 0.144 e. The van der Waals surface area contributed by atoms with Crippen LogP contribution in [-0.2, 0) is 16.2 Å². The fourth-order valence-electron chi connectivity index (χ4n) is 13.4. The quantitative estimate of drug-likeness (QED) is 0.176. The van der Waals surface area contributed by atoms with Crippen LogP contribution < -0.4 is 4.90 Å². The lowest BCUT2D eigenvalue weighted by molar-refractivity contribution is 0.600. The maximum Gasteiger partial charge on any atom is 0.144 e. The molecule has 11 aromatic rings. The molecule has 2 aromatic heterocycles. The Balaban J connectivity index is 0.992. The van der Waals surface area contributed by atoms with Crippen LogP contribution in [0, 0.1) is 20.8 Å². The second kappa shape index (κ2) is 13.5. The third-order valence-electron chi connectivity index (χ3n) is 16.6. The average molecular weight is 892 g/mol. The van der Waals surface area contributed by atoms with Gasteiger partial charge in [0.1, 0.15) is 22.3 Å². The molecular formula is C66H53NO2. The number of nitrogens with zero attached hydrogens (tertiary/aromatic N) is 1. The molecule has 0 N–H and O–H groups in total. The van der Waals surface area contributed by atoms with E-state index >= 15 is 0 Å². The van der Waals surface area contributed by atoms with Crippen molar-refractivity contribution in [2.24, 2.45) is 0 Å². The zero-order valence-electron chi connectivity index (χ0n) is 40.8. The lowest BCUT2D eigenvalue weighted by atomic mass is 9.72. The Morgan fingerprint density at radius 3 is 1.65 bits per heavy atom. The number of hydrogen-bond acceptors (Lipinski definition) is 3. The lowest BCUT2D eigenvalue weighted by Crippen LogP contribution is -2.24. The van der Waals surface area contributed by atoms with Gasteiger partial charge in [0.05, 0.1) is 0 Å². The molecule has 0 fully saturated rings. The summed E-state index contributed by atoms with van der Waals surface area (Å²) in [5.74, 6) is 0. The van der Waals surface area contributed by atoms with Crippen LogP contribution in [0.25, 0.3) is 88.4 Å². The van der Waals surface area contributed by atoms with Crippen LogP contribution in [0.2, 0.25) is 0 Å². The van der Waals surface area contributed by atoms with Crippen LogP contribution in [0.4, 0.5) is 17.1 Å². The molecule has 3 aliphatic carbocycles. The monoisotopic (exact) mass is 891 g/mol. The van der Waals surface area contributed by atoms with Crippen molar-refractivity contribution < 1.29 is 8.83 Å². The van der Waals surface area contributed by atoms with Gasteiger partial charge in [0.2, 0.25) is 0 Å². The van der Waals surface area contributed by atoms with Crippen molar-refractivity contribution in [3.8, 4) is 44.5 Å². The summed E-state index contributed by atoms with van der Waals surface area (Å²) in [4.78, 5) is 2.51.